The molecule has 0 aliphatic rings. The molecule has 0 fully saturated rings. The van der Waals surface area contributed by atoms with Crippen molar-refractivity contribution in [3.05, 3.63) is 22.4 Å². The van der Waals surface area contributed by atoms with Gasteiger partial charge in [-0.2, -0.15) is 0 Å². The number of nitrogens with two attached hydrogens (primary N) is 1. The predicted octanol–water partition coefficient (Wildman–Crippen LogP) is 1.86. The molecule has 1 aromatic rings. The molecule has 1 aromatic carbocycles. The highest BCUT2D eigenvalue weighted by Gasteiger charge is 2.24. The largest absolute Gasteiger partial charge is 0.396 e. The van der Waals surface area contributed by atoms with E-state index in [0.29, 0.717) is 6.42 Å². The molecule has 4 N–H and O–H groups in total. The molecular formula is C12H18BrFN2O3S. The summed E-state index contributed by atoms with van der Waals surface area (Å²) in [4.78, 5) is -0.115. The van der Waals surface area contributed by atoms with Crippen LogP contribution in [0, 0.1) is 11.2 Å². The molecular weight excluding hydrogens is 351 g/mol. The van der Waals surface area contributed by atoms with Crippen molar-refractivity contribution >= 4 is 31.6 Å². The molecule has 0 aromatic heterocycles. The first-order chi connectivity index (χ1) is 9.09. The van der Waals surface area contributed by atoms with Crippen molar-refractivity contribution in [1.82, 2.24) is 4.72 Å². The molecule has 0 unspecified atom stereocenters. The maximum absolute atomic E-state index is 13.2. The van der Waals surface area contributed by atoms with Crippen LogP contribution in [0.25, 0.3) is 0 Å². The van der Waals surface area contributed by atoms with E-state index in [1.54, 1.807) is 0 Å². The summed E-state index contributed by atoms with van der Waals surface area (Å²) in [6.45, 7) is 3.79. The van der Waals surface area contributed by atoms with Gasteiger partial charge in [-0.1, -0.05) is 13.8 Å². The molecule has 5 nitrogen and oxygen atoms in total. The average Bonchev–Trinajstić information content (AvgIpc) is 2.31. The lowest BCUT2D eigenvalue weighted by molar-refractivity contribution is 0.213. The lowest BCUT2D eigenvalue weighted by Crippen LogP contribution is -2.34. The van der Waals surface area contributed by atoms with Crippen molar-refractivity contribution < 1.29 is 17.9 Å². The molecule has 0 spiro atoms. The van der Waals surface area contributed by atoms with E-state index in [1.165, 1.54) is 0 Å². The van der Waals surface area contributed by atoms with Gasteiger partial charge in [0, 0.05) is 17.6 Å². The highest BCUT2D eigenvalue weighted by Crippen LogP contribution is 2.27. The normalized spacial score (nSPS) is 12.7. The Kier molecular flexibility index (Phi) is 5.54. The Hall–Kier alpha value is -0.700. The molecule has 114 valence electrons. The Morgan fingerprint density at radius 1 is 1.45 bits per heavy atom. The maximum atomic E-state index is 13.2. The van der Waals surface area contributed by atoms with Gasteiger partial charge in [0.15, 0.2) is 0 Å². The summed E-state index contributed by atoms with van der Waals surface area (Å²) in [5.41, 5.74) is 4.77. The lowest BCUT2D eigenvalue weighted by Gasteiger charge is -2.24. The minimum Gasteiger partial charge on any atom is -0.396 e. The van der Waals surface area contributed by atoms with Gasteiger partial charge < -0.3 is 10.8 Å². The Labute approximate surface area is 126 Å². The number of hydrogen-bond acceptors (Lipinski definition) is 4. The van der Waals surface area contributed by atoms with Crippen LogP contribution in [0.3, 0.4) is 0 Å². The van der Waals surface area contributed by atoms with Crippen LogP contribution in [0.5, 0.6) is 0 Å². The second kappa shape index (κ2) is 6.38. The molecule has 0 radical (unpaired) electrons. The van der Waals surface area contributed by atoms with Crippen LogP contribution in [0.2, 0.25) is 0 Å². The molecule has 0 aliphatic carbocycles. The third-order valence-electron chi connectivity index (χ3n) is 2.87. The van der Waals surface area contributed by atoms with Crippen molar-refractivity contribution in [2.45, 2.75) is 25.2 Å². The standard InChI is InChI=1S/C12H18BrFN2O3S/c1-12(2,3-4-17)7-16-20(18,19)11-6-10(15)9(14)5-8(11)13/h5-6,16-17H,3-4,7,15H2,1-2H3. The maximum Gasteiger partial charge on any atom is 0.241 e. The summed E-state index contributed by atoms with van der Waals surface area (Å²) in [7, 11) is -3.81. The SMILES string of the molecule is CC(C)(CCO)CNS(=O)(=O)c1cc(N)c(F)cc1Br. The van der Waals surface area contributed by atoms with E-state index < -0.39 is 15.8 Å². The summed E-state index contributed by atoms with van der Waals surface area (Å²) in [6.07, 6.45) is 0.461. The van der Waals surface area contributed by atoms with Gasteiger partial charge in [0.05, 0.1) is 10.6 Å². The van der Waals surface area contributed by atoms with Crippen molar-refractivity contribution in [2.24, 2.45) is 5.41 Å². The first-order valence-corrected chi connectivity index (χ1v) is 8.22. The second-order valence-corrected chi connectivity index (χ2v) is 7.86. The van der Waals surface area contributed by atoms with Crippen molar-refractivity contribution in [3.63, 3.8) is 0 Å². The highest BCUT2D eigenvalue weighted by atomic mass is 79.9. The third-order valence-corrected chi connectivity index (χ3v) is 5.23. The lowest BCUT2D eigenvalue weighted by atomic mass is 9.90. The number of halogens is 2. The van der Waals surface area contributed by atoms with Crippen LogP contribution in [-0.4, -0.2) is 26.7 Å². The van der Waals surface area contributed by atoms with Crippen molar-refractivity contribution in [1.29, 1.82) is 0 Å². The van der Waals surface area contributed by atoms with Crippen molar-refractivity contribution in [3.8, 4) is 0 Å². The highest BCUT2D eigenvalue weighted by molar-refractivity contribution is 9.10. The van der Waals surface area contributed by atoms with Gasteiger partial charge in [-0.05, 0) is 39.9 Å². The summed E-state index contributed by atoms with van der Waals surface area (Å²) < 4.78 is 40.1. The van der Waals surface area contributed by atoms with Gasteiger partial charge in [0.1, 0.15) is 5.82 Å². The van der Waals surface area contributed by atoms with E-state index in [-0.39, 0.29) is 33.6 Å². The Balaban J connectivity index is 2.98. The molecule has 0 saturated carbocycles. The van der Waals surface area contributed by atoms with Crippen molar-refractivity contribution in [2.75, 3.05) is 18.9 Å². The molecule has 0 bridgehead atoms. The van der Waals surface area contributed by atoms with Gasteiger partial charge >= 0.3 is 0 Å². The fraction of sp³-hybridized carbons (Fsp3) is 0.500. The number of aliphatic hydroxyl groups excluding tert-OH is 1. The van der Waals surface area contributed by atoms with Crippen LogP contribution in [-0.2, 0) is 10.0 Å². The van der Waals surface area contributed by atoms with Gasteiger partial charge in [0.2, 0.25) is 10.0 Å². The summed E-state index contributed by atoms with van der Waals surface area (Å²) >= 11 is 3.01. The van der Waals surface area contributed by atoms with Crippen LogP contribution < -0.4 is 10.5 Å². The van der Waals surface area contributed by atoms with E-state index in [0.717, 1.165) is 12.1 Å². The number of hydrogen-bond donors (Lipinski definition) is 3. The van der Waals surface area contributed by atoms with Crippen LogP contribution in [0.1, 0.15) is 20.3 Å². The summed E-state index contributed by atoms with van der Waals surface area (Å²) in [5.74, 6) is -0.684. The summed E-state index contributed by atoms with van der Waals surface area (Å²) in [5, 5.41) is 8.92. The zero-order chi connectivity index (χ0) is 15.6. The Bertz CT molecular complexity index is 591. The van der Waals surface area contributed by atoms with Crippen LogP contribution in [0.15, 0.2) is 21.5 Å². The smallest absolute Gasteiger partial charge is 0.241 e. The zero-order valence-electron chi connectivity index (χ0n) is 11.3. The summed E-state index contributed by atoms with van der Waals surface area (Å²) in [6, 6.07) is 2.09. The third kappa shape index (κ3) is 4.41. The molecule has 0 heterocycles. The molecule has 1 rings (SSSR count). The number of anilines is 1. The molecule has 8 heteroatoms. The monoisotopic (exact) mass is 368 g/mol. The minimum absolute atomic E-state index is 0.0259. The Morgan fingerprint density at radius 3 is 2.60 bits per heavy atom. The number of sulfonamides is 1. The van der Waals surface area contributed by atoms with E-state index in [2.05, 4.69) is 20.7 Å². The first kappa shape index (κ1) is 17.4. The van der Waals surface area contributed by atoms with Gasteiger partial charge in [-0.15, -0.1) is 0 Å². The van der Waals surface area contributed by atoms with Gasteiger partial charge in [0.25, 0.3) is 0 Å². The number of rotatable bonds is 6. The molecule has 0 aliphatic heterocycles. The fourth-order valence-corrected chi connectivity index (χ4v) is 3.80. The topological polar surface area (TPSA) is 92.4 Å². The van der Waals surface area contributed by atoms with Crippen LogP contribution >= 0.6 is 15.9 Å². The van der Waals surface area contributed by atoms with Gasteiger partial charge in [-0.3, -0.25) is 0 Å². The number of nitrogen functional groups attached to an aromatic ring is 1. The second-order valence-electron chi connectivity index (χ2n) is 5.27. The van der Waals surface area contributed by atoms with Crippen LogP contribution in [0.4, 0.5) is 10.1 Å². The molecule has 0 atom stereocenters. The molecule has 20 heavy (non-hydrogen) atoms. The van der Waals surface area contributed by atoms with E-state index in [1.807, 2.05) is 13.8 Å². The predicted molar refractivity (Wildman–Crippen MR) is 79.2 cm³/mol. The van der Waals surface area contributed by atoms with E-state index >= 15 is 0 Å². The molecule has 0 amide bonds. The van der Waals surface area contributed by atoms with Gasteiger partial charge in [-0.25, -0.2) is 17.5 Å². The minimum atomic E-state index is -3.81. The number of benzene rings is 1. The molecule has 0 saturated heterocycles. The Morgan fingerprint density at radius 2 is 2.05 bits per heavy atom. The fourth-order valence-electron chi connectivity index (χ4n) is 1.51. The zero-order valence-corrected chi connectivity index (χ0v) is 13.7. The quantitative estimate of drug-likeness (QED) is 0.668. The van der Waals surface area contributed by atoms with E-state index in [4.69, 9.17) is 10.8 Å². The number of nitrogens with one attached hydrogen (secondary N) is 1. The average molecular weight is 369 g/mol. The van der Waals surface area contributed by atoms with E-state index in [9.17, 15) is 12.8 Å². The number of aliphatic hydroxyl groups is 1. The first-order valence-electron chi connectivity index (χ1n) is 5.94.